The van der Waals surface area contributed by atoms with Gasteiger partial charge < -0.3 is 10.2 Å². The van der Waals surface area contributed by atoms with Crippen LogP contribution in [0.5, 0.6) is 5.75 Å². The average molecular weight is 242 g/mol. The van der Waals surface area contributed by atoms with Crippen molar-refractivity contribution in [3.63, 3.8) is 0 Å². The summed E-state index contributed by atoms with van der Waals surface area (Å²) in [5, 5.41) is 0. The van der Waals surface area contributed by atoms with Crippen molar-refractivity contribution in [1.82, 2.24) is 10.9 Å². The van der Waals surface area contributed by atoms with E-state index < -0.39 is 0 Å². The lowest BCUT2D eigenvalue weighted by Crippen LogP contribution is -2.33. The zero-order valence-electron chi connectivity index (χ0n) is 8.74. The highest BCUT2D eigenvalue weighted by atomic mass is 32.2. The van der Waals surface area contributed by atoms with E-state index in [1.165, 1.54) is 17.3 Å². The normalized spacial score (nSPS) is 9.73. The molecule has 0 aliphatic rings. The number of methoxy groups -OCH3 is 1. The van der Waals surface area contributed by atoms with Crippen molar-refractivity contribution >= 4 is 28.3 Å². The van der Waals surface area contributed by atoms with E-state index in [1.807, 2.05) is 30.5 Å². The molecule has 1 aromatic rings. The Morgan fingerprint density at radius 2 is 2.07 bits per heavy atom. The van der Waals surface area contributed by atoms with E-state index in [0.717, 1.165) is 16.6 Å². The molecule has 0 atom stereocenters. The number of thiocarbonyl (C=S) groups is 1. The van der Waals surface area contributed by atoms with Crippen LogP contribution in [0.3, 0.4) is 0 Å². The Bertz CT molecular complexity index is 314. The van der Waals surface area contributed by atoms with Crippen molar-refractivity contribution in [2.24, 2.45) is 0 Å². The van der Waals surface area contributed by atoms with Gasteiger partial charge in [0.1, 0.15) is 10.1 Å². The molecule has 0 spiro atoms. The molecule has 1 rings (SSSR count). The minimum Gasteiger partial charge on any atom is -0.497 e. The van der Waals surface area contributed by atoms with Crippen LogP contribution in [0.15, 0.2) is 24.3 Å². The number of hydrogen-bond donors (Lipinski definition) is 2. The number of hydrogen-bond acceptors (Lipinski definition) is 4. The molecule has 0 aliphatic carbocycles. The number of thioether (sulfide) groups is 1. The topological polar surface area (TPSA) is 33.3 Å². The quantitative estimate of drug-likeness (QED) is 0.623. The van der Waals surface area contributed by atoms with Gasteiger partial charge >= 0.3 is 0 Å². The smallest absolute Gasteiger partial charge is 0.147 e. The van der Waals surface area contributed by atoms with Crippen LogP contribution < -0.4 is 15.6 Å². The van der Waals surface area contributed by atoms with E-state index >= 15 is 0 Å². The summed E-state index contributed by atoms with van der Waals surface area (Å²) in [7, 11) is 1.66. The van der Waals surface area contributed by atoms with Crippen LogP contribution in [-0.4, -0.2) is 17.7 Å². The van der Waals surface area contributed by atoms with Crippen molar-refractivity contribution in [2.75, 3.05) is 13.4 Å². The minimum absolute atomic E-state index is 0.727. The van der Waals surface area contributed by atoms with Gasteiger partial charge in [-0.25, -0.2) is 5.43 Å². The van der Waals surface area contributed by atoms with Crippen LogP contribution in [0.1, 0.15) is 5.56 Å². The molecular weight excluding hydrogens is 228 g/mol. The van der Waals surface area contributed by atoms with Gasteiger partial charge in [-0.1, -0.05) is 36.1 Å². The first-order chi connectivity index (χ1) is 7.26. The molecule has 2 N–H and O–H groups in total. The highest BCUT2D eigenvalue weighted by Crippen LogP contribution is 2.10. The Balaban J connectivity index is 2.34. The molecule has 1 aromatic carbocycles. The van der Waals surface area contributed by atoms with E-state index in [2.05, 4.69) is 10.9 Å². The van der Waals surface area contributed by atoms with Crippen LogP contribution in [0.4, 0.5) is 0 Å². The van der Waals surface area contributed by atoms with Gasteiger partial charge in [0, 0.05) is 6.54 Å². The second kappa shape index (κ2) is 6.66. The van der Waals surface area contributed by atoms with Crippen molar-refractivity contribution in [1.29, 1.82) is 0 Å². The fourth-order valence-corrected chi connectivity index (χ4v) is 1.26. The highest BCUT2D eigenvalue weighted by Gasteiger charge is 1.94. The Kier molecular flexibility index (Phi) is 5.45. The van der Waals surface area contributed by atoms with Gasteiger partial charge in [0.2, 0.25) is 0 Å². The zero-order chi connectivity index (χ0) is 11.1. The lowest BCUT2D eigenvalue weighted by Gasteiger charge is -2.07. The van der Waals surface area contributed by atoms with Crippen LogP contribution in [0.25, 0.3) is 0 Å². The van der Waals surface area contributed by atoms with Gasteiger partial charge in [-0.2, -0.15) is 0 Å². The third-order valence-electron chi connectivity index (χ3n) is 1.83. The van der Waals surface area contributed by atoms with Crippen LogP contribution in [0.2, 0.25) is 0 Å². The van der Waals surface area contributed by atoms with Crippen LogP contribution in [0, 0.1) is 0 Å². The Hall–Kier alpha value is -0.780. The fourth-order valence-electron chi connectivity index (χ4n) is 1.01. The van der Waals surface area contributed by atoms with Crippen LogP contribution >= 0.6 is 24.0 Å². The van der Waals surface area contributed by atoms with Gasteiger partial charge in [0.05, 0.1) is 7.11 Å². The summed E-state index contributed by atoms with van der Waals surface area (Å²) < 4.78 is 5.81. The van der Waals surface area contributed by atoms with Crippen molar-refractivity contribution in [2.45, 2.75) is 6.54 Å². The molecule has 0 saturated carbocycles. The standard InChI is InChI=1S/C10H14N2OS2/c1-13-9-5-3-8(4-6-9)7-11-12-10(14)15-2/h3-6,11H,7H2,1-2H3,(H,12,14). The molecule has 0 bridgehead atoms. The van der Waals surface area contributed by atoms with Gasteiger partial charge in [-0.05, 0) is 24.0 Å². The molecule has 0 heterocycles. The average Bonchev–Trinajstić information content (AvgIpc) is 2.29. The molecule has 0 saturated heterocycles. The lowest BCUT2D eigenvalue weighted by molar-refractivity contribution is 0.414. The molecular formula is C10H14N2OS2. The molecule has 5 heteroatoms. The number of nitrogens with one attached hydrogen (secondary N) is 2. The monoisotopic (exact) mass is 242 g/mol. The summed E-state index contributed by atoms with van der Waals surface area (Å²) in [6.07, 6.45) is 1.93. The number of hydrazine groups is 1. The van der Waals surface area contributed by atoms with Crippen molar-refractivity contribution in [3.05, 3.63) is 29.8 Å². The number of benzene rings is 1. The molecule has 0 aromatic heterocycles. The molecule has 0 radical (unpaired) electrons. The van der Waals surface area contributed by atoms with E-state index in [-0.39, 0.29) is 0 Å². The van der Waals surface area contributed by atoms with Crippen molar-refractivity contribution < 1.29 is 4.74 Å². The predicted octanol–water partition coefficient (Wildman–Crippen LogP) is 1.94. The molecule has 0 amide bonds. The second-order valence-electron chi connectivity index (χ2n) is 2.82. The Morgan fingerprint density at radius 1 is 1.40 bits per heavy atom. The van der Waals surface area contributed by atoms with Gasteiger partial charge in [0.25, 0.3) is 0 Å². The first-order valence-electron chi connectivity index (χ1n) is 4.46. The third kappa shape index (κ3) is 4.51. The minimum atomic E-state index is 0.727. The number of ether oxygens (including phenoxy) is 1. The second-order valence-corrected chi connectivity index (χ2v) is 4.30. The largest absolute Gasteiger partial charge is 0.497 e. The summed E-state index contributed by atoms with van der Waals surface area (Å²) in [5.41, 5.74) is 7.13. The zero-order valence-corrected chi connectivity index (χ0v) is 10.4. The number of rotatable bonds is 4. The SMILES string of the molecule is COc1ccc(CNNC(=S)SC)cc1. The maximum Gasteiger partial charge on any atom is 0.147 e. The van der Waals surface area contributed by atoms with Crippen molar-refractivity contribution in [3.8, 4) is 5.75 Å². The molecule has 3 nitrogen and oxygen atoms in total. The first-order valence-corrected chi connectivity index (χ1v) is 6.09. The fraction of sp³-hybridized carbons (Fsp3) is 0.300. The van der Waals surface area contributed by atoms with E-state index in [0.29, 0.717) is 0 Å². The highest BCUT2D eigenvalue weighted by molar-refractivity contribution is 8.22. The maximum absolute atomic E-state index is 5.07. The van der Waals surface area contributed by atoms with Gasteiger partial charge in [0.15, 0.2) is 0 Å². The first kappa shape index (κ1) is 12.3. The molecule has 0 aliphatic heterocycles. The maximum atomic E-state index is 5.07. The molecule has 0 fully saturated rings. The lowest BCUT2D eigenvalue weighted by atomic mass is 10.2. The van der Waals surface area contributed by atoms with E-state index in [1.54, 1.807) is 7.11 Å². The predicted molar refractivity (Wildman–Crippen MR) is 69.1 cm³/mol. The summed E-state index contributed by atoms with van der Waals surface area (Å²) >= 11 is 6.48. The third-order valence-corrected chi connectivity index (χ3v) is 2.90. The van der Waals surface area contributed by atoms with Gasteiger partial charge in [-0.3, -0.25) is 0 Å². The summed E-state index contributed by atoms with van der Waals surface area (Å²) in [6, 6.07) is 7.89. The van der Waals surface area contributed by atoms with E-state index in [4.69, 9.17) is 17.0 Å². The van der Waals surface area contributed by atoms with Crippen LogP contribution in [-0.2, 0) is 6.54 Å². The summed E-state index contributed by atoms with van der Waals surface area (Å²) in [6.45, 7) is 0.727. The summed E-state index contributed by atoms with van der Waals surface area (Å²) in [5.74, 6) is 0.867. The summed E-state index contributed by atoms with van der Waals surface area (Å²) in [4.78, 5) is 0. The molecule has 0 unspecified atom stereocenters. The Morgan fingerprint density at radius 3 is 2.60 bits per heavy atom. The van der Waals surface area contributed by atoms with E-state index in [9.17, 15) is 0 Å². The Labute approximate surface area is 99.6 Å². The molecule has 15 heavy (non-hydrogen) atoms. The van der Waals surface area contributed by atoms with Gasteiger partial charge in [-0.15, -0.1) is 0 Å². The molecule has 82 valence electrons.